The minimum Gasteiger partial charge on any atom is -0.311 e. The van der Waals surface area contributed by atoms with E-state index in [-0.39, 0.29) is 18.7 Å². The van der Waals surface area contributed by atoms with Crippen molar-refractivity contribution in [1.82, 2.24) is 19.8 Å². The molecule has 0 atom stereocenters. The normalized spacial score (nSPS) is 17.2. The minimum atomic E-state index is -0.716. The number of hydrogen-bond acceptors (Lipinski definition) is 6. The fourth-order valence-corrected chi connectivity index (χ4v) is 3.98. The van der Waals surface area contributed by atoms with Gasteiger partial charge in [-0.3, -0.25) is 19.5 Å². The lowest BCUT2D eigenvalue weighted by Crippen LogP contribution is -2.50. The van der Waals surface area contributed by atoms with Gasteiger partial charge in [0.1, 0.15) is 5.82 Å². The molecule has 0 bridgehead atoms. The Morgan fingerprint density at radius 2 is 1.59 bits per heavy atom. The molecule has 0 N–H and O–H groups in total. The van der Waals surface area contributed by atoms with Crippen LogP contribution in [-0.2, 0) is 21.0 Å². The van der Waals surface area contributed by atoms with Crippen LogP contribution in [0, 0.1) is 19.7 Å². The van der Waals surface area contributed by atoms with Crippen molar-refractivity contribution in [3.8, 4) is 11.1 Å². The van der Waals surface area contributed by atoms with Crippen molar-refractivity contribution in [1.29, 1.82) is 0 Å². The topological polar surface area (TPSA) is 83.0 Å². The fourth-order valence-electron chi connectivity index (χ4n) is 3.98. The molecule has 2 aliphatic rings. The largest absolute Gasteiger partial charge is 0.434 e. The Hall–Kier alpha value is -3.33. The van der Waals surface area contributed by atoms with Crippen molar-refractivity contribution in [3.05, 3.63) is 53.1 Å². The lowest BCUT2D eigenvalue weighted by Gasteiger charge is -2.34. The Morgan fingerprint density at radius 1 is 0.969 bits per heavy atom. The monoisotopic (exact) mass is 440 g/mol. The van der Waals surface area contributed by atoms with Gasteiger partial charge in [-0.25, -0.2) is 9.18 Å². The number of carbonyl (C=O) groups is 3. The molecule has 8 nitrogen and oxygen atoms in total. The summed E-state index contributed by atoms with van der Waals surface area (Å²) in [5, 5.41) is 0.553. The lowest BCUT2D eigenvalue weighted by molar-refractivity contribution is -0.174. The van der Waals surface area contributed by atoms with Crippen LogP contribution in [0.4, 0.5) is 9.18 Å². The summed E-state index contributed by atoms with van der Waals surface area (Å²) < 4.78 is 14.8. The average molecular weight is 440 g/mol. The summed E-state index contributed by atoms with van der Waals surface area (Å²) in [5.41, 5.74) is 4.10. The number of imide groups is 1. The number of hydrogen-bond donors (Lipinski definition) is 0. The van der Waals surface area contributed by atoms with E-state index >= 15 is 0 Å². The number of piperazine rings is 1. The summed E-state index contributed by atoms with van der Waals surface area (Å²) in [7, 11) is 0. The minimum absolute atomic E-state index is 0.0601. The van der Waals surface area contributed by atoms with Gasteiger partial charge in [0.15, 0.2) is 0 Å². The van der Waals surface area contributed by atoms with E-state index in [9.17, 15) is 18.8 Å². The highest BCUT2D eigenvalue weighted by atomic mass is 19.1. The molecule has 3 heterocycles. The highest BCUT2D eigenvalue weighted by molar-refractivity contribution is 6.01. The third-order valence-electron chi connectivity index (χ3n) is 5.67. The molecule has 0 spiro atoms. The zero-order chi connectivity index (χ0) is 22.8. The summed E-state index contributed by atoms with van der Waals surface area (Å²) in [6.07, 6.45) is -0.596. The maximum Gasteiger partial charge on any atom is 0.434 e. The van der Waals surface area contributed by atoms with E-state index in [0.29, 0.717) is 43.4 Å². The molecule has 9 heteroatoms. The van der Waals surface area contributed by atoms with E-state index in [1.165, 1.54) is 4.90 Å². The van der Waals surface area contributed by atoms with Crippen molar-refractivity contribution in [2.24, 2.45) is 0 Å². The number of pyridine rings is 1. The van der Waals surface area contributed by atoms with Gasteiger partial charge in [0.2, 0.25) is 0 Å². The van der Waals surface area contributed by atoms with Crippen molar-refractivity contribution < 1.29 is 23.6 Å². The average Bonchev–Trinajstić information content (AvgIpc) is 3.07. The van der Waals surface area contributed by atoms with Crippen molar-refractivity contribution in [2.45, 2.75) is 33.2 Å². The Kier molecular flexibility index (Phi) is 6.18. The molecule has 2 aromatic rings. The van der Waals surface area contributed by atoms with Gasteiger partial charge < -0.3 is 9.74 Å². The van der Waals surface area contributed by atoms with Gasteiger partial charge in [-0.2, -0.15) is 0 Å². The number of amides is 3. The molecular formula is C23H25FN4O4. The molecule has 0 saturated carbocycles. The molecule has 2 fully saturated rings. The van der Waals surface area contributed by atoms with Gasteiger partial charge in [0, 0.05) is 62.5 Å². The van der Waals surface area contributed by atoms with E-state index in [0.717, 1.165) is 22.5 Å². The fraction of sp³-hybridized carbons (Fsp3) is 0.391. The zero-order valence-corrected chi connectivity index (χ0v) is 18.1. The van der Waals surface area contributed by atoms with Gasteiger partial charge in [0.05, 0.1) is 0 Å². The second kappa shape index (κ2) is 9.04. The van der Waals surface area contributed by atoms with Gasteiger partial charge in [-0.15, -0.1) is 5.06 Å². The Morgan fingerprint density at radius 3 is 2.19 bits per heavy atom. The van der Waals surface area contributed by atoms with E-state index in [4.69, 9.17) is 4.84 Å². The maximum atomic E-state index is 14.8. The molecule has 2 saturated heterocycles. The molecular weight excluding hydrogens is 415 g/mol. The molecule has 0 radical (unpaired) electrons. The van der Waals surface area contributed by atoms with Crippen LogP contribution in [0.25, 0.3) is 11.1 Å². The number of benzene rings is 1. The molecule has 0 aliphatic carbocycles. The van der Waals surface area contributed by atoms with Gasteiger partial charge >= 0.3 is 6.09 Å². The van der Waals surface area contributed by atoms with E-state index < -0.39 is 17.9 Å². The molecule has 0 unspecified atom stereocenters. The summed E-state index contributed by atoms with van der Waals surface area (Å²) in [6, 6.07) is 9.11. The molecule has 4 rings (SSSR count). The SMILES string of the molecule is Cc1cc(-c2ccc(CN3CCN(C(=O)ON4C(=O)CCC4=O)CC3)c(F)c2)cc(C)n1. The zero-order valence-electron chi connectivity index (χ0n) is 18.1. The van der Waals surface area contributed by atoms with Crippen LogP contribution in [0.3, 0.4) is 0 Å². The highest BCUT2D eigenvalue weighted by Crippen LogP contribution is 2.24. The molecule has 3 amide bonds. The Bertz CT molecular complexity index is 1030. The van der Waals surface area contributed by atoms with Gasteiger partial charge in [-0.1, -0.05) is 12.1 Å². The van der Waals surface area contributed by atoms with Gasteiger partial charge in [0.25, 0.3) is 11.8 Å². The quantitative estimate of drug-likeness (QED) is 0.680. The van der Waals surface area contributed by atoms with Crippen LogP contribution < -0.4 is 0 Å². The molecule has 2 aliphatic heterocycles. The lowest BCUT2D eigenvalue weighted by atomic mass is 10.0. The summed E-state index contributed by atoms with van der Waals surface area (Å²) in [4.78, 5) is 48.3. The van der Waals surface area contributed by atoms with Crippen molar-refractivity contribution in [2.75, 3.05) is 26.2 Å². The third kappa shape index (κ3) is 4.77. The van der Waals surface area contributed by atoms with Crippen LogP contribution in [0.2, 0.25) is 0 Å². The van der Waals surface area contributed by atoms with Crippen LogP contribution in [0.15, 0.2) is 30.3 Å². The van der Waals surface area contributed by atoms with E-state index in [1.807, 2.05) is 32.0 Å². The first kappa shape index (κ1) is 21.9. The Labute approximate surface area is 185 Å². The van der Waals surface area contributed by atoms with E-state index in [2.05, 4.69) is 9.88 Å². The maximum absolute atomic E-state index is 14.8. The number of carbonyl (C=O) groups excluding carboxylic acids is 3. The van der Waals surface area contributed by atoms with Crippen molar-refractivity contribution in [3.63, 3.8) is 0 Å². The predicted molar refractivity (Wildman–Crippen MR) is 114 cm³/mol. The number of rotatable bonds is 4. The molecule has 32 heavy (non-hydrogen) atoms. The van der Waals surface area contributed by atoms with Crippen LogP contribution in [0.1, 0.15) is 29.8 Å². The second-order valence-electron chi connectivity index (χ2n) is 8.15. The first-order chi connectivity index (χ1) is 15.3. The molecule has 168 valence electrons. The first-order valence-corrected chi connectivity index (χ1v) is 10.6. The van der Waals surface area contributed by atoms with Crippen molar-refractivity contribution >= 4 is 17.9 Å². The predicted octanol–water partition coefficient (Wildman–Crippen LogP) is 2.82. The standard InChI is InChI=1S/C23H25FN4O4/c1-15-11-19(12-16(2)25-15)17-3-4-18(20(24)13-17)14-26-7-9-27(10-8-26)23(31)32-28-21(29)5-6-22(28)30/h3-4,11-13H,5-10,14H2,1-2H3. The van der Waals surface area contributed by atoms with E-state index in [1.54, 1.807) is 12.1 Å². The summed E-state index contributed by atoms with van der Waals surface area (Å²) >= 11 is 0. The smallest absolute Gasteiger partial charge is 0.311 e. The molecule has 1 aromatic carbocycles. The number of nitrogens with zero attached hydrogens (tertiary/aromatic N) is 4. The summed E-state index contributed by atoms with van der Waals surface area (Å²) in [5.74, 6) is -1.28. The highest BCUT2D eigenvalue weighted by Gasteiger charge is 2.34. The van der Waals surface area contributed by atoms with Crippen LogP contribution >= 0.6 is 0 Å². The third-order valence-corrected chi connectivity index (χ3v) is 5.67. The van der Waals surface area contributed by atoms with Crippen LogP contribution in [-0.4, -0.2) is 63.9 Å². The number of aromatic nitrogens is 1. The number of hydroxylamine groups is 2. The van der Waals surface area contributed by atoms with Crippen LogP contribution in [0.5, 0.6) is 0 Å². The Balaban J connectivity index is 1.33. The summed E-state index contributed by atoms with van der Waals surface area (Å²) in [6.45, 7) is 6.04. The second-order valence-corrected chi connectivity index (χ2v) is 8.15. The number of aryl methyl sites for hydroxylation is 2. The molecule has 1 aromatic heterocycles. The van der Waals surface area contributed by atoms with Gasteiger partial charge in [-0.05, 0) is 43.2 Å². The first-order valence-electron chi connectivity index (χ1n) is 10.6. The number of halogens is 1.